The monoisotopic (exact) mass is 166 g/mol. The van der Waals surface area contributed by atoms with Gasteiger partial charge in [-0.1, -0.05) is 0 Å². The number of hydrogen-bond acceptors (Lipinski definition) is 4. The molecule has 0 aliphatic rings. The Morgan fingerprint density at radius 3 is 2.30 bits per heavy atom. The van der Waals surface area contributed by atoms with Gasteiger partial charge in [0.05, 0.1) is 26.4 Å². The molecule has 0 unspecified atom stereocenters. The minimum atomic E-state index is -0.139. The van der Waals surface area contributed by atoms with Crippen molar-refractivity contribution in [1.29, 1.82) is 0 Å². The van der Waals surface area contributed by atoms with Crippen molar-refractivity contribution in [1.82, 2.24) is 0 Å². The SMILES string of the molecule is OCC(CO)COCCS. The normalized spacial score (nSPS) is 10.8. The molecule has 0 rings (SSSR count). The van der Waals surface area contributed by atoms with Gasteiger partial charge >= 0.3 is 0 Å². The highest BCUT2D eigenvalue weighted by Crippen LogP contribution is 1.93. The molecule has 0 atom stereocenters. The van der Waals surface area contributed by atoms with Gasteiger partial charge in [0.2, 0.25) is 0 Å². The molecule has 3 nitrogen and oxygen atoms in total. The lowest BCUT2D eigenvalue weighted by Gasteiger charge is -2.09. The molecule has 62 valence electrons. The van der Waals surface area contributed by atoms with Crippen LogP contribution in [0.25, 0.3) is 0 Å². The van der Waals surface area contributed by atoms with Crippen molar-refractivity contribution in [2.24, 2.45) is 5.92 Å². The fourth-order valence-corrected chi connectivity index (χ4v) is 0.607. The highest BCUT2D eigenvalue weighted by Gasteiger charge is 2.04. The molecule has 4 heteroatoms. The van der Waals surface area contributed by atoms with Crippen molar-refractivity contribution in [2.75, 3.05) is 32.2 Å². The van der Waals surface area contributed by atoms with Gasteiger partial charge in [-0.2, -0.15) is 12.6 Å². The smallest absolute Gasteiger partial charge is 0.0554 e. The molecule has 0 aromatic rings. The molecule has 0 radical (unpaired) electrons. The van der Waals surface area contributed by atoms with E-state index in [0.29, 0.717) is 19.0 Å². The summed E-state index contributed by atoms with van der Waals surface area (Å²) < 4.78 is 5.03. The largest absolute Gasteiger partial charge is 0.396 e. The summed E-state index contributed by atoms with van der Waals surface area (Å²) in [4.78, 5) is 0. The fraction of sp³-hybridized carbons (Fsp3) is 1.00. The predicted octanol–water partition coefficient (Wildman–Crippen LogP) is -0.466. The van der Waals surface area contributed by atoms with Crippen LogP contribution < -0.4 is 0 Å². The van der Waals surface area contributed by atoms with Crippen LogP contribution in [0.15, 0.2) is 0 Å². The van der Waals surface area contributed by atoms with Gasteiger partial charge in [-0.05, 0) is 0 Å². The average molecular weight is 166 g/mol. The van der Waals surface area contributed by atoms with E-state index >= 15 is 0 Å². The van der Waals surface area contributed by atoms with Gasteiger partial charge in [0, 0.05) is 11.7 Å². The third-order valence-electron chi connectivity index (χ3n) is 1.11. The summed E-state index contributed by atoms with van der Waals surface area (Å²) in [7, 11) is 0. The van der Waals surface area contributed by atoms with Crippen LogP contribution in [0, 0.1) is 5.92 Å². The van der Waals surface area contributed by atoms with Crippen molar-refractivity contribution in [3.05, 3.63) is 0 Å². The molecule has 0 aromatic heterocycles. The van der Waals surface area contributed by atoms with Crippen LogP contribution in [-0.4, -0.2) is 42.4 Å². The van der Waals surface area contributed by atoms with Gasteiger partial charge in [0.25, 0.3) is 0 Å². The molecule has 0 saturated heterocycles. The van der Waals surface area contributed by atoms with Gasteiger partial charge in [-0.25, -0.2) is 0 Å². The number of rotatable bonds is 6. The molecule has 0 spiro atoms. The van der Waals surface area contributed by atoms with E-state index in [1.54, 1.807) is 0 Å². The van der Waals surface area contributed by atoms with Gasteiger partial charge < -0.3 is 14.9 Å². The van der Waals surface area contributed by atoms with Crippen molar-refractivity contribution in [2.45, 2.75) is 0 Å². The minimum Gasteiger partial charge on any atom is -0.396 e. The maximum atomic E-state index is 8.57. The molecule has 0 saturated carbocycles. The highest BCUT2D eigenvalue weighted by molar-refractivity contribution is 7.80. The first-order valence-corrected chi connectivity index (χ1v) is 3.88. The molecule has 0 fully saturated rings. The second-order valence-corrected chi connectivity index (χ2v) is 2.48. The van der Waals surface area contributed by atoms with Crippen molar-refractivity contribution in [3.8, 4) is 0 Å². The minimum absolute atomic E-state index is 0.0247. The number of aliphatic hydroxyl groups is 2. The fourth-order valence-electron chi connectivity index (χ4n) is 0.478. The number of hydrogen-bond donors (Lipinski definition) is 3. The number of thiol groups is 1. The van der Waals surface area contributed by atoms with E-state index < -0.39 is 0 Å². The average Bonchev–Trinajstić information content (AvgIpc) is 1.99. The Morgan fingerprint density at radius 1 is 1.30 bits per heavy atom. The summed E-state index contributed by atoms with van der Waals surface area (Å²) in [6, 6.07) is 0. The molecular weight excluding hydrogens is 152 g/mol. The quantitative estimate of drug-likeness (QED) is 0.369. The zero-order valence-corrected chi connectivity index (χ0v) is 6.76. The first kappa shape index (κ1) is 10.2. The molecule has 0 heterocycles. The first-order valence-electron chi connectivity index (χ1n) is 3.25. The van der Waals surface area contributed by atoms with Gasteiger partial charge in [0.1, 0.15) is 0 Å². The zero-order chi connectivity index (χ0) is 7.82. The van der Waals surface area contributed by atoms with E-state index in [0.717, 1.165) is 0 Å². The number of ether oxygens (including phenoxy) is 1. The van der Waals surface area contributed by atoms with Gasteiger partial charge in [0.15, 0.2) is 0 Å². The van der Waals surface area contributed by atoms with Crippen LogP contribution in [0.3, 0.4) is 0 Å². The molecule has 0 aliphatic heterocycles. The topological polar surface area (TPSA) is 49.7 Å². The Kier molecular flexibility index (Phi) is 7.51. The Bertz CT molecular complexity index is 66.0. The van der Waals surface area contributed by atoms with Crippen LogP contribution in [-0.2, 0) is 4.74 Å². The van der Waals surface area contributed by atoms with Crippen LogP contribution in [0.5, 0.6) is 0 Å². The summed E-state index contributed by atoms with van der Waals surface area (Å²) in [5.74, 6) is 0.531. The summed E-state index contributed by atoms with van der Waals surface area (Å²) >= 11 is 3.93. The predicted molar refractivity (Wildman–Crippen MR) is 42.3 cm³/mol. The van der Waals surface area contributed by atoms with E-state index in [4.69, 9.17) is 14.9 Å². The second kappa shape index (κ2) is 7.34. The third kappa shape index (κ3) is 5.05. The second-order valence-electron chi connectivity index (χ2n) is 2.03. The van der Waals surface area contributed by atoms with E-state index in [9.17, 15) is 0 Å². The highest BCUT2D eigenvalue weighted by atomic mass is 32.1. The number of aliphatic hydroxyl groups excluding tert-OH is 2. The summed E-state index contributed by atoms with van der Waals surface area (Å²) in [5, 5.41) is 17.1. The van der Waals surface area contributed by atoms with E-state index in [1.807, 2.05) is 0 Å². The van der Waals surface area contributed by atoms with E-state index in [1.165, 1.54) is 0 Å². The van der Waals surface area contributed by atoms with Gasteiger partial charge in [-0.15, -0.1) is 0 Å². The third-order valence-corrected chi connectivity index (χ3v) is 1.29. The first-order chi connectivity index (χ1) is 4.85. The molecule has 0 aromatic carbocycles. The summed E-state index contributed by atoms with van der Waals surface area (Å²) in [5.41, 5.74) is 0. The molecule has 0 amide bonds. The van der Waals surface area contributed by atoms with Crippen LogP contribution in [0.1, 0.15) is 0 Å². The Balaban J connectivity index is 3.09. The molecule has 0 bridgehead atoms. The Labute approximate surface area is 66.4 Å². The molecule has 2 N–H and O–H groups in total. The van der Waals surface area contributed by atoms with Crippen LogP contribution >= 0.6 is 12.6 Å². The lowest BCUT2D eigenvalue weighted by molar-refractivity contribution is 0.0520. The van der Waals surface area contributed by atoms with Gasteiger partial charge in [-0.3, -0.25) is 0 Å². The molecule has 0 aliphatic carbocycles. The molecule has 10 heavy (non-hydrogen) atoms. The summed E-state index contributed by atoms with van der Waals surface area (Å²) in [6.07, 6.45) is 0. The zero-order valence-electron chi connectivity index (χ0n) is 5.86. The van der Waals surface area contributed by atoms with E-state index in [-0.39, 0.29) is 19.1 Å². The summed E-state index contributed by atoms with van der Waals surface area (Å²) in [6.45, 7) is 0.930. The maximum absolute atomic E-state index is 8.57. The Hall–Kier alpha value is 0.230. The lowest BCUT2D eigenvalue weighted by Crippen LogP contribution is -2.18. The van der Waals surface area contributed by atoms with Crippen LogP contribution in [0.4, 0.5) is 0 Å². The van der Waals surface area contributed by atoms with Crippen molar-refractivity contribution >= 4 is 12.6 Å². The standard InChI is InChI=1S/C6H14O3S/c7-3-6(4-8)5-9-1-2-10/h6-8,10H,1-5H2. The van der Waals surface area contributed by atoms with Crippen molar-refractivity contribution in [3.63, 3.8) is 0 Å². The Morgan fingerprint density at radius 2 is 1.90 bits per heavy atom. The van der Waals surface area contributed by atoms with Crippen LogP contribution in [0.2, 0.25) is 0 Å². The maximum Gasteiger partial charge on any atom is 0.0554 e. The van der Waals surface area contributed by atoms with E-state index in [2.05, 4.69) is 12.6 Å². The molecular formula is C6H14O3S. The lowest BCUT2D eigenvalue weighted by atomic mass is 10.2. The van der Waals surface area contributed by atoms with Crippen molar-refractivity contribution < 1.29 is 14.9 Å².